The molecule has 0 aliphatic carbocycles. The van der Waals surface area contributed by atoms with E-state index in [2.05, 4.69) is 20.7 Å². The lowest BCUT2D eigenvalue weighted by Crippen LogP contribution is -2.14. The monoisotopic (exact) mass is 374 g/mol. The van der Waals surface area contributed by atoms with E-state index in [0.29, 0.717) is 20.9 Å². The van der Waals surface area contributed by atoms with E-state index in [0.717, 1.165) is 5.56 Å². The number of sulfonamides is 1. The zero-order valence-electron chi connectivity index (χ0n) is 10.5. The highest BCUT2D eigenvalue weighted by Crippen LogP contribution is 2.28. The smallest absolute Gasteiger partial charge is 0.262 e. The first-order chi connectivity index (χ1) is 9.29. The van der Waals surface area contributed by atoms with E-state index in [-0.39, 0.29) is 4.90 Å². The van der Waals surface area contributed by atoms with Gasteiger partial charge in [-0.25, -0.2) is 8.42 Å². The molecule has 0 saturated carbocycles. The summed E-state index contributed by atoms with van der Waals surface area (Å²) < 4.78 is 27.6. The highest BCUT2D eigenvalue weighted by atomic mass is 79.9. The summed E-state index contributed by atoms with van der Waals surface area (Å²) in [5.74, 6) is 0. The molecule has 0 radical (unpaired) electrons. The number of nitrogen functional groups attached to an aromatic ring is 1. The molecule has 0 spiro atoms. The molecule has 0 aliphatic heterocycles. The summed E-state index contributed by atoms with van der Waals surface area (Å²) in [5, 5.41) is 0.444. The second-order valence-corrected chi connectivity index (χ2v) is 7.22. The van der Waals surface area contributed by atoms with Crippen molar-refractivity contribution in [2.24, 2.45) is 0 Å². The molecule has 0 unspecified atom stereocenters. The summed E-state index contributed by atoms with van der Waals surface area (Å²) in [5.41, 5.74) is 7.41. The first kappa shape index (κ1) is 15.2. The van der Waals surface area contributed by atoms with Crippen molar-refractivity contribution < 1.29 is 8.42 Å². The second kappa shape index (κ2) is 5.63. The Kier molecular flexibility index (Phi) is 4.27. The van der Waals surface area contributed by atoms with Crippen LogP contribution >= 0.6 is 27.5 Å². The Balaban J connectivity index is 2.40. The zero-order chi connectivity index (χ0) is 14.9. The number of rotatable bonds is 3. The summed E-state index contributed by atoms with van der Waals surface area (Å²) in [6.45, 7) is 1.86. The van der Waals surface area contributed by atoms with Crippen LogP contribution in [0.1, 0.15) is 5.56 Å². The second-order valence-electron chi connectivity index (χ2n) is 4.27. The molecule has 0 aliphatic rings. The van der Waals surface area contributed by atoms with E-state index in [9.17, 15) is 8.42 Å². The Morgan fingerprint density at radius 3 is 2.55 bits per heavy atom. The molecule has 0 fully saturated rings. The first-order valence-corrected chi connectivity index (χ1v) is 8.29. The third-order valence-electron chi connectivity index (χ3n) is 2.65. The van der Waals surface area contributed by atoms with E-state index >= 15 is 0 Å². The van der Waals surface area contributed by atoms with Gasteiger partial charge in [-0.3, -0.25) is 4.72 Å². The Labute approximate surface area is 131 Å². The number of hydrogen-bond acceptors (Lipinski definition) is 3. The van der Waals surface area contributed by atoms with E-state index in [1.165, 1.54) is 18.2 Å². The van der Waals surface area contributed by atoms with Gasteiger partial charge in [0.1, 0.15) is 0 Å². The number of nitrogens with two attached hydrogens (primary N) is 1. The average Bonchev–Trinajstić information content (AvgIpc) is 2.36. The molecule has 2 rings (SSSR count). The van der Waals surface area contributed by atoms with Gasteiger partial charge in [-0.05, 0) is 58.7 Å². The predicted octanol–water partition coefficient (Wildman–Crippen LogP) is 3.79. The topological polar surface area (TPSA) is 72.2 Å². The average molecular weight is 376 g/mol. The third-order valence-corrected chi connectivity index (χ3v) is 5.23. The van der Waals surface area contributed by atoms with Gasteiger partial charge in [0, 0.05) is 4.47 Å². The van der Waals surface area contributed by atoms with Gasteiger partial charge in [0.2, 0.25) is 0 Å². The number of hydrogen-bond donors (Lipinski definition) is 2. The van der Waals surface area contributed by atoms with Crippen molar-refractivity contribution in [1.29, 1.82) is 0 Å². The van der Waals surface area contributed by atoms with Crippen LogP contribution in [0.3, 0.4) is 0 Å². The van der Waals surface area contributed by atoms with Crippen molar-refractivity contribution in [1.82, 2.24) is 0 Å². The normalized spacial score (nSPS) is 11.3. The van der Waals surface area contributed by atoms with Crippen molar-refractivity contribution in [2.75, 3.05) is 10.5 Å². The summed E-state index contributed by atoms with van der Waals surface area (Å²) in [4.78, 5) is 0.106. The van der Waals surface area contributed by atoms with Crippen LogP contribution in [0.15, 0.2) is 45.8 Å². The molecule has 2 aromatic rings. The Bertz CT molecular complexity index is 763. The number of anilines is 2. The SMILES string of the molecule is Cc1ccc(N)c(NS(=O)(=O)c2ccc(Cl)c(Br)c2)c1. The standard InChI is InChI=1S/C13H12BrClN2O2S/c1-8-2-5-12(16)13(6-8)17-20(18,19)9-3-4-11(15)10(14)7-9/h2-7,17H,16H2,1H3. The molecule has 106 valence electrons. The molecule has 0 amide bonds. The van der Waals surface area contributed by atoms with Crippen LogP contribution < -0.4 is 10.5 Å². The van der Waals surface area contributed by atoms with Crippen LogP contribution in [0.4, 0.5) is 11.4 Å². The quantitative estimate of drug-likeness (QED) is 0.802. The van der Waals surface area contributed by atoms with E-state index in [1.807, 2.05) is 13.0 Å². The molecule has 7 heteroatoms. The highest BCUT2D eigenvalue weighted by molar-refractivity contribution is 9.10. The Morgan fingerprint density at radius 2 is 1.90 bits per heavy atom. The fourth-order valence-corrected chi connectivity index (χ4v) is 3.36. The van der Waals surface area contributed by atoms with Gasteiger partial charge >= 0.3 is 0 Å². The summed E-state index contributed by atoms with van der Waals surface area (Å²) >= 11 is 9.06. The molecule has 0 bridgehead atoms. The molecular formula is C13H12BrClN2O2S. The van der Waals surface area contributed by atoms with Gasteiger partial charge in [-0.1, -0.05) is 17.7 Å². The van der Waals surface area contributed by atoms with Crippen molar-refractivity contribution >= 4 is 48.9 Å². The molecule has 3 N–H and O–H groups in total. The van der Waals surface area contributed by atoms with Gasteiger partial charge in [-0.15, -0.1) is 0 Å². The predicted molar refractivity (Wildman–Crippen MR) is 85.6 cm³/mol. The van der Waals surface area contributed by atoms with Crippen LogP contribution in [-0.2, 0) is 10.0 Å². The first-order valence-electron chi connectivity index (χ1n) is 5.63. The molecule has 2 aromatic carbocycles. The molecule has 0 aromatic heterocycles. The highest BCUT2D eigenvalue weighted by Gasteiger charge is 2.16. The fraction of sp³-hybridized carbons (Fsp3) is 0.0769. The summed E-state index contributed by atoms with van der Waals surface area (Å²) in [6.07, 6.45) is 0. The van der Waals surface area contributed by atoms with E-state index in [1.54, 1.807) is 12.1 Å². The lowest BCUT2D eigenvalue weighted by Gasteiger charge is -2.11. The molecule has 4 nitrogen and oxygen atoms in total. The van der Waals surface area contributed by atoms with Crippen molar-refractivity contribution in [3.05, 3.63) is 51.5 Å². The van der Waals surface area contributed by atoms with Crippen LogP contribution in [0.2, 0.25) is 5.02 Å². The largest absolute Gasteiger partial charge is 0.397 e. The number of aryl methyl sites for hydroxylation is 1. The van der Waals surface area contributed by atoms with Crippen LogP contribution in [0.25, 0.3) is 0 Å². The summed E-state index contributed by atoms with van der Waals surface area (Å²) in [6, 6.07) is 9.53. The van der Waals surface area contributed by atoms with Crippen LogP contribution in [0, 0.1) is 6.92 Å². The minimum atomic E-state index is -3.71. The van der Waals surface area contributed by atoms with Crippen molar-refractivity contribution in [3.8, 4) is 0 Å². The molecule has 0 heterocycles. The zero-order valence-corrected chi connectivity index (χ0v) is 13.7. The van der Waals surface area contributed by atoms with Gasteiger partial charge in [-0.2, -0.15) is 0 Å². The maximum atomic E-state index is 12.3. The number of halogens is 2. The maximum Gasteiger partial charge on any atom is 0.262 e. The van der Waals surface area contributed by atoms with Crippen LogP contribution in [0.5, 0.6) is 0 Å². The number of benzene rings is 2. The fourth-order valence-electron chi connectivity index (χ4n) is 1.61. The third kappa shape index (κ3) is 3.26. The van der Waals surface area contributed by atoms with Crippen molar-refractivity contribution in [2.45, 2.75) is 11.8 Å². The maximum absolute atomic E-state index is 12.3. The lowest BCUT2D eigenvalue weighted by molar-refractivity contribution is 0.601. The molecule has 20 heavy (non-hydrogen) atoms. The van der Waals surface area contributed by atoms with Gasteiger partial charge in [0.25, 0.3) is 10.0 Å². The van der Waals surface area contributed by atoms with Gasteiger partial charge in [0.05, 0.1) is 21.3 Å². The molecule has 0 saturated heterocycles. The summed E-state index contributed by atoms with van der Waals surface area (Å²) in [7, 11) is -3.71. The Hall–Kier alpha value is -1.24. The van der Waals surface area contributed by atoms with E-state index < -0.39 is 10.0 Å². The van der Waals surface area contributed by atoms with Gasteiger partial charge < -0.3 is 5.73 Å². The van der Waals surface area contributed by atoms with Gasteiger partial charge in [0.15, 0.2) is 0 Å². The van der Waals surface area contributed by atoms with E-state index in [4.69, 9.17) is 17.3 Å². The lowest BCUT2D eigenvalue weighted by atomic mass is 10.2. The minimum Gasteiger partial charge on any atom is -0.397 e. The molecule has 0 atom stereocenters. The van der Waals surface area contributed by atoms with Crippen molar-refractivity contribution in [3.63, 3.8) is 0 Å². The Morgan fingerprint density at radius 1 is 1.20 bits per heavy atom. The molecular weight excluding hydrogens is 364 g/mol. The number of nitrogens with one attached hydrogen (secondary N) is 1. The minimum absolute atomic E-state index is 0.106. The van der Waals surface area contributed by atoms with Crippen LogP contribution in [-0.4, -0.2) is 8.42 Å².